The molecule has 1 heterocycles. The van der Waals surface area contributed by atoms with Crippen LogP contribution in [0.15, 0.2) is 35.3 Å². The van der Waals surface area contributed by atoms with E-state index in [1.54, 1.807) is 25.1 Å². The van der Waals surface area contributed by atoms with Gasteiger partial charge in [-0.2, -0.15) is 0 Å². The average molecular weight is 270 g/mol. The van der Waals surface area contributed by atoms with Gasteiger partial charge in [-0.3, -0.25) is 10.1 Å². The Morgan fingerprint density at radius 3 is 2.70 bits per heavy atom. The number of hydrogen-bond acceptors (Lipinski definition) is 5. The molecule has 0 aliphatic rings. The fraction of sp³-hybridized carbons (Fsp3) is 0.143. The topological polar surface area (TPSA) is 91.5 Å². The van der Waals surface area contributed by atoms with Crippen LogP contribution in [0.5, 0.6) is 5.75 Å². The fourth-order valence-electron chi connectivity index (χ4n) is 1.75. The van der Waals surface area contributed by atoms with Gasteiger partial charge in [-0.15, -0.1) is 0 Å². The molecule has 102 valence electrons. The van der Waals surface area contributed by atoms with Crippen LogP contribution in [-0.4, -0.2) is 16.1 Å². The highest BCUT2D eigenvalue weighted by atomic mass is 16.6. The molecule has 0 spiro atoms. The Kier molecular flexibility index (Phi) is 3.74. The van der Waals surface area contributed by atoms with E-state index in [4.69, 9.17) is 0 Å². The van der Waals surface area contributed by atoms with Crippen LogP contribution in [-0.2, 0) is 0 Å². The van der Waals surface area contributed by atoms with E-state index < -0.39 is 16.4 Å². The van der Waals surface area contributed by atoms with Crippen LogP contribution in [0.1, 0.15) is 16.8 Å². The Morgan fingerprint density at radius 2 is 2.05 bits per heavy atom. The number of aromatic nitrogens is 1. The molecule has 1 aromatic heterocycles. The maximum absolute atomic E-state index is 11.9. The van der Waals surface area contributed by atoms with Gasteiger partial charge in [0.15, 0.2) is 5.82 Å². The zero-order valence-corrected chi connectivity index (χ0v) is 11.0. The summed E-state index contributed by atoms with van der Waals surface area (Å²) in [4.78, 5) is 18.4. The second kappa shape index (κ2) is 5.48. The maximum Gasteiger partial charge on any atom is 0.262 e. The van der Waals surface area contributed by atoms with Crippen molar-refractivity contribution in [2.24, 2.45) is 4.99 Å². The molecule has 0 N–H and O–H groups in total. The summed E-state index contributed by atoms with van der Waals surface area (Å²) in [7, 11) is 0. The predicted molar refractivity (Wildman–Crippen MR) is 73.5 cm³/mol. The van der Waals surface area contributed by atoms with Gasteiger partial charge in [0.05, 0.1) is 4.92 Å². The quantitative estimate of drug-likeness (QED) is 0.486. The van der Waals surface area contributed by atoms with Crippen molar-refractivity contribution in [2.45, 2.75) is 13.8 Å². The number of nitrogens with zero attached hydrogens (tertiary/aromatic N) is 3. The van der Waals surface area contributed by atoms with Crippen LogP contribution in [0.3, 0.4) is 0 Å². The minimum atomic E-state index is -0.683. The van der Waals surface area contributed by atoms with Crippen molar-refractivity contribution in [3.63, 3.8) is 0 Å². The Labute approximate surface area is 115 Å². The first-order valence-electron chi connectivity index (χ1n) is 5.91. The maximum atomic E-state index is 11.9. The van der Waals surface area contributed by atoms with Gasteiger partial charge in [-0.05, 0) is 42.9 Å². The molecule has 0 saturated carbocycles. The molecule has 2 aromatic rings. The summed E-state index contributed by atoms with van der Waals surface area (Å²) in [5.74, 6) is -0.189. The minimum absolute atomic E-state index is 0.181. The van der Waals surface area contributed by atoms with E-state index in [1.165, 1.54) is 12.3 Å². The van der Waals surface area contributed by atoms with Crippen LogP contribution >= 0.6 is 0 Å². The predicted octanol–water partition coefficient (Wildman–Crippen LogP) is 2.43. The van der Waals surface area contributed by atoms with Crippen molar-refractivity contribution >= 4 is 17.7 Å². The zero-order valence-electron chi connectivity index (χ0n) is 11.0. The van der Waals surface area contributed by atoms with E-state index in [1.807, 2.05) is 13.0 Å². The van der Waals surface area contributed by atoms with Gasteiger partial charge in [0.2, 0.25) is 0 Å². The lowest BCUT2D eigenvalue weighted by molar-refractivity contribution is -0.398. The van der Waals surface area contributed by atoms with Crippen LogP contribution in [0.25, 0.3) is 0 Å². The third kappa shape index (κ3) is 2.97. The van der Waals surface area contributed by atoms with Gasteiger partial charge in [0, 0.05) is 18.0 Å². The summed E-state index contributed by atoms with van der Waals surface area (Å²) in [5.41, 5.74) is 1.18. The van der Waals surface area contributed by atoms with Crippen LogP contribution < -0.4 is 5.11 Å². The number of benzene rings is 1. The monoisotopic (exact) mass is 270 g/mol. The standard InChI is InChI=1S/C14H13N3O3/c1-9-6-11(14(18)12(7-9)17(19)20)8-15-13-5-3-4-10(2)16-13/h3-8,18H,1-2H3/p-1. The normalized spacial score (nSPS) is 10.9. The van der Waals surface area contributed by atoms with Gasteiger partial charge >= 0.3 is 0 Å². The van der Waals surface area contributed by atoms with E-state index in [2.05, 4.69) is 9.98 Å². The Hall–Kier alpha value is -2.76. The SMILES string of the molecule is Cc1cc(C=Nc2cccc(C)n2)c([O-])c([N+](=O)[O-])c1. The highest BCUT2D eigenvalue weighted by Crippen LogP contribution is 2.27. The van der Waals surface area contributed by atoms with E-state index in [0.29, 0.717) is 11.4 Å². The van der Waals surface area contributed by atoms with Crippen LogP contribution in [0, 0.1) is 24.0 Å². The number of aliphatic imine (C=N–C) groups is 1. The lowest BCUT2D eigenvalue weighted by Gasteiger charge is -2.11. The van der Waals surface area contributed by atoms with Gasteiger partial charge in [0.25, 0.3) is 5.69 Å². The average Bonchev–Trinajstić information content (AvgIpc) is 2.39. The van der Waals surface area contributed by atoms with E-state index in [-0.39, 0.29) is 5.56 Å². The molecule has 0 aliphatic carbocycles. The highest BCUT2D eigenvalue weighted by Gasteiger charge is 2.10. The van der Waals surface area contributed by atoms with Crippen molar-refractivity contribution in [3.05, 3.63) is 57.3 Å². The summed E-state index contributed by atoms with van der Waals surface area (Å²) in [5, 5.41) is 22.7. The van der Waals surface area contributed by atoms with Crippen molar-refractivity contribution in [2.75, 3.05) is 0 Å². The summed E-state index contributed by atoms with van der Waals surface area (Å²) < 4.78 is 0. The number of aryl methyl sites for hydroxylation is 2. The molecule has 0 fully saturated rings. The number of pyridine rings is 1. The number of rotatable bonds is 3. The van der Waals surface area contributed by atoms with Crippen molar-refractivity contribution in [1.82, 2.24) is 4.98 Å². The highest BCUT2D eigenvalue weighted by molar-refractivity contribution is 5.87. The first-order valence-corrected chi connectivity index (χ1v) is 5.91. The number of nitro groups is 1. The Balaban J connectivity index is 2.41. The van der Waals surface area contributed by atoms with Crippen LogP contribution in [0.4, 0.5) is 11.5 Å². The third-order valence-corrected chi connectivity index (χ3v) is 2.65. The van der Waals surface area contributed by atoms with Crippen molar-refractivity contribution < 1.29 is 10.0 Å². The molecule has 20 heavy (non-hydrogen) atoms. The molecule has 0 saturated heterocycles. The first-order chi connectivity index (χ1) is 9.47. The van der Waals surface area contributed by atoms with Crippen molar-refractivity contribution in [1.29, 1.82) is 0 Å². The molecular weight excluding hydrogens is 258 g/mol. The van der Waals surface area contributed by atoms with Gasteiger partial charge in [0.1, 0.15) is 0 Å². The van der Waals surface area contributed by atoms with Gasteiger partial charge < -0.3 is 5.11 Å². The molecule has 0 unspecified atom stereocenters. The number of nitro benzene ring substituents is 1. The van der Waals surface area contributed by atoms with Gasteiger partial charge in [-0.25, -0.2) is 9.98 Å². The lowest BCUT2D eigenvalue weighted by atomic mass is 10.1. The summed E-state index contributed by atoms with van der Waals surface area (Å²) >= 11 is 0. The lowest BCUT2D eigenvalue weighted by Crippen LogP contribution is -2.02. The van der Waals surface area contributed by atoms with Crippen LogP contribution in [0.2, 0.25) is 0 Å². The molecule has 6 heteroatoms. The minimum Gasteiger partial charge on any atom is -0.867 e. The molecule has 0 bridgehead atoms. The zero-order chi connectivity index (χ0) is 14.7. The smallest absolute Gasteiger partial charge is 0.262 e. The Bertz CT molecular complexity index is 696. The third-order valence-electron chi connectivity index (χ3n) is 2.65. The molecular formula is C14H12N3O3-. The summed E-state index contributed by atoms with van der Waals surface area (Å²) in [6.45, 7) is 3.52. The van der Waals surface area contributed by atoms with Crippen molar-refractivity contribution in [3.8, 4) is 5.75 Å². The van der Waals surface area contributed by atoms with E-state index in [9.17, 15) is 15.2 Å². The fourth-order valence-corrected chi connectivity index (χ4v) is 1.75. The second-order valence-corrected chi connectivity index (χ2v) is 4.35. The van der Waals surface area contributed by atoms with E-state index >= 15 is 0 Å². The molecule has 0 amide bonds. The molecule has 6 nitrogen and oxygen atoms in total. The van der Waals surface area contributed by atoms with Gasteiger partial charge in [-0.1, -0.05) is 12.1 Å². The Morgan fingerprint density at radius 1 is 1.30 bits per heavy atom. The summed E-state index contributed by atoms with van der Waals surface area (Å²) in [6, 6.07) is 8.14. The largest absolute Gasteiger partial charge is 0.867 e. The molecule has 1 aromatic carbocycles. The molecule has 0 atom stereocenters. The molecule has 2 rings (SSSR count). The molecule has 0 aliphatic heterocycles. The number of hydrogen-bond donors (Lipinski definition) is 0. The summed E-state index contributed by atoms with van der Waals surface area (Å²) in [6.07, 6.45) is 1.31. The molecule has 0 radical (unpaired) electrons. The second-order valence-electron chi connectivity index (χ2n) is 4.35. The first kappa shape index (κ1) is 13.7. The van der Waals surface area contributed by atoms with E-state index in [0.717, 1.165) is 5.69 Å².